The van der Waals surface area contributed by atoms with Gasteiger partial charge in [-0.2, -0.15) is 0 Å². The van der Waals surface area contributed by atoms with Gasteiger partial charge in [0, 0.05) is 32.2 Å². The number of aliphatic hydroxyl groups excluding tert-OH is 2. The van der Waals surface area contributed by atoms with Crippen molar-refractivity contribution in [3.05, 3.63) is 0 Å². The fraction of sp³-hybridized carbons (Fsp3) is 1.00. The Bertz CT molecular complexity index is 172. The summed E-state index contributed by atoms with van der Waals surface area (Å²) in [5.41, 5.74) is 0. The first-order valence-electron chi connectivity index (χ1n) is 6.40. The Hall–Kier alpha value is -0.160. The maximum absolute atomic E-state index is 9.36. The van der Waals surface area contributed by atoms with E-state index in [4.69, 9.17) is 0 Å². The Kier molecular flexibility index (Phi) is 6.28. The van der Waals surface area contributed by atoms with Crippen LogP contribution in [0.5, 0.6) is 0 Å². The van der Waals surface area contributed by atoms with Crippen molar-refractivity contribution in [3.8, 4) is 0 Å². The predicted octanol–water partition coefficient (Wildman–Crippen LogP) is 0.192. The fourth-order valence-electron chi connectivity index (χ4n) is 2.04. The molecule has 2 atom stereocenters. The molecule has 96 valence electrons. The largest absolute Gasteiger partial charge is 0.392 e. The normalized spacial score (nSPS) is 20.8. The van der Waals surface area contributed by atoms with E-state index in [1.54, 1.807) is 13.8 Å². The fourth-order valence-corrected chi connectivity index (χ4v) is 2.04. The van der Waals surface area contributed by atoms with Crippen molar-refractivity contribution in [2.45, 2.75) is 51.4 Å². The van der Waals surface area contributed by atoms with Crippen molar-refractivity contribution in [2.24, 2.45) is 0 Å². The van der Waals surface area contributed by atoms with Crippen LogP contribution in [0.2, 0.25) is 0 Å². The van der Waals surface area contributed by atoms with Crippen LogP contribution in [-0.2, 0) is 0 Å². The van der Waals surface area contributed by atoms with E-state index in [9.17, 15) is 10.2 Å². The molecule has 0 aromatic rings. The lowest BCUT2D eigenvalue weighted by Crippen LogP contribution is -2.43. The molecule has 16 heavy (non-hydrogen) atoms. The molecule has 3 N–H and O–H groups in total. The highest BCUT2D eigenvalue weighted by Crippen LogP contribution is 2.17. The average molecular weight is 230 g/mol. The second-order valence-corrected chi connectivity index (χ2v) is 5.04. The summed E-state index contributed by atoms with van der Waals surface area (Å²) in [5, 5.41) is 22.2. The molecule has 0 aromatic carbocycles. The second kappa shape index (κ2) is 7.22. The number of hydrogen-bond acceptors (Lipinski definition) is 4. The molecule has 1 fully saturated rings. The molecule has 2 unspecified atom stereocenters. The van der Waals surface area contributed by atoms with E-state index < -0.39 is 0 Å². The lowest BCUT2D eigenvalue weighted by molar-refractivity contribution is 0.0831. The van der Waals surface area contributed by atoms with Crippen molar-refractivity contribution < 1.29 is 10.2 Å². The van der Waals surface area contributed by atoms with Crippen LogP contribution in [0.15, 0.2) is 0 Å². The first kappa shape index (κ1) is 13.9. The minimum atomic E-state index is -0.331. The Morgan fingerprint density at radius 1 is 1.19 bits per heavy atom. The van der Waals surface area contributed by atoms with Crippen LogP contribution >= 0.6 is 0 Å². The van der Waals surface area contributed by atoms with E-state index in [0.29, 0.717) is 19.1 Å². The van der Waals surface area contributed by atoms with E-state index in [-0.39, 0.29) is 12.2 Å². The molecule has 4 heteroatoms. The Labute approximate surface area is 98.6 Å². The highest BCUT2D eigenvalue weighted by atomic mass is 16.3. The maximum atomic E-state index is 9.36. The summed E-state index contributed by atoms with van der Waals surface area (Å²) in [7, 11) is 0. The van der Waals surface area contributed by atoms with Crippen molar-refractivity contribution in [2.75, 3.05) is 26.2 Å². The van der Waals surface area contributed by atoms with Crippen molar-refractivity contribution >= 4 is 0 Å². The Balaban J connectivity index is 2.14. The van der Waals surface area contributed by atoms with E-state index >= 15 is 0 Å². The van der Waals surface area contributed by atoms with E-state index in [1.165, 1.54) is 19.3 Å². The summed E-state index contributed by atoms with van der Waals surface area (Å²) in [4.78, 5) is 2.11. The first-order chi connectivity index (χ1) is 7.58. The van der Waals surface area contributed by atoms with Crippen LogP contribution < -0.4 is 5.32 Å². The standard InChI is InChI=1S/C12H26N2O2/c1-10(15)8-14(9-11(2)16)7-6-13-12-4-3-5-12/h10-13,15-16H,3-9H2,1-2H3. The van der Waals surface area contributed by atoms with Gasteiger partial charge in [-0.3, -0.25) is 4.90 Å². The molecule has 1 aliphatic carbocycles. The van der Waals surface area contributed by atoms with Gasteiger partial charge in [0.15, 0.2) is 0 Å². The van der Waals surface area contributed by atoms with E-state index in [2.05, 4.69) is 10.2 Å². The molecule has 0 heterocycles. The van der Waals surface area contributed by atoms with Gasteiger partial charge in [-0.05, 0) is 26.7 Å². The zero-order valence-electron chi connectivity index (χ0n) is 10.5. The molecule has 0 aliphatic heterocycles. The molecule has 0 bridgehead atoms. The molecule has 0 spiro atoms. The maximum Gasteiger partial charge on any atom is 0.0639 e. The van der Waals surface area contributed by atoms with Crippen LogP contribution in [-0.4, -0.2) is 59.5 Å². The van der Waals surface area contributed by atoms with E-state index in [1.807, 2.05) is 0 Å². The summed E-state index contributed by atoms with van der Waals surface area (Å²) < 4.78 is 0. The second-order valence-electron chi connectivity index (χ2n) is 5.04. The van der Waals surface area contributed by atoms with Crippen LogP contribution in [0.4, 0.5) is 0 Å². The Morgan fingerprint density at radius 2 is 1.75 bits per heavy atom. The first-order valence-corrected chi connectivity index (χ1v) is 6.40. The lowest BCUT2D eigenvalue weighted by atomic mass is 9.93. The number of aliphatic hydroxyl groups is 2. The van der Waals surface area contributed by atoms with E-state index in [0.717, 1.165) is 13.1 Å². The van der Waals surface area contributed by atoms with Crippen molar-refractivity contribution in [1.82, 2.24) is 10.2 Å². The quantitative estimate of drug-likeness (QED) is 0.557. The third-order valence-electron chi connectivity index (χ3n) is 3.01. The highest BCUT2D eigenvalue weighted by molar-refractivity contribution is 4.77. The predicted molar refractivity (Wildman–Crippen MR) is 65.4 cm³/mol. The third-order valence-corrected chi connectivity index (χ3v) is 3.01. The van der Waals surface area contributed by atoms with Gasteiger partial charge in [-0.1, -0.05) is 6.42 Å². The van der Waals surface area contributed by atoms with Gasteiger partial charge in [0.05, 0.1) is 12.2 Å². The van der Waals surface area contributed by atoms with Crippen LogP contribution in [0, 0.1) is 0 Å². The van der Waals surface area contributed by atoms with Crippen molar-refractivity contribution in [1.29, 1.82) is 0 Å². The number of rotatable bonds is 8. The van der Waals surface area contributed by atoms with Crippen LogP contribution in [0.25, 0.3) is 0 Å². The summed E-state index contributed by atoms with van der Waals surface area (Å²) >= 11 is 0. The number of nitrogens with zero attached hydrogens (tertiary/aromatic N) is 1. The average Bonchev–Trinajstić information content (AvgIpc) is 2.06. The topological polar surface area (TPSA) is 55.7 Å². The third kappa shape index (κ3) is 5.80. The molecule has 0 saturated heterocycles. The van der Waals surface area contributed by atoms with Gasteiger partial charge in [-0.15, -0.1) is 0 Å². The summed E-state index contributed by atoms with van der Waals surface area (Å²) in [5.74, 6) is 0. The molecule has 0 amide bonds. The Morgan fingerprint density at radius 3 is 2.12 bits per heavy atom. The summed E-state index contributed by atoms with van der Waals surface area (Å²) in [6.45, 7) is 6.69. The number of nitrogens with one attached hydrogen (secondary N) is 1. The summed E-state index contributed by atoms with van der Waals surface area (Å²) in [6, 6.07) is 0.708. The molecular formula is C12H26N2O2. The number of hydrogen-bond donors (Lipinski definition) is 3. The molecule has 1 rings (SSSR count). The van der Waals surface area contributed by atoms with Gasteiger partial charge in [0.25, 0.3) is 0 Å². The SMILES string of the molecule is CC(O)CN(CCNC1CCC1)CC(C)O. The van der Waals surface area contributed by atoms with Gasteiger partial charge >= 0.3 is 0 Å². The zero-order chi connectivity index (χ0) is 12.0. The van der Waals surface area contributed by atoms with Crippen LogP contribution in [0.3, 0.4) is 0 Å². The van der Waals surface area contributed by atoms with Crippen LogP contribution in [0.1, 0.15) is 33.1 Å². The highest BCUT2D eigenvalue weighted by Gasteiger charge is 2.17. The molecular weight excluding hydrogens is 204 g/mol. The molecule has 4 nitrogen and oxygen atoms in total. The van der Waals surface area contributed by atoms with Gasteiger partial charge in [0.2, 0.25) is 0 Å². The minimum absolute atomic E-state index is 0.331. The van der Waals surface area contributed by atoms with Gasteiger partial charge in [-0.25, -0.2) is 0 Å². The monoisotopic (exact) mass is 230 g/mol. The van der Waals surface area contributed by atoms with Crippen molar-refractivity contribution in [3.63, 3.8) is 0 Å². The van der Waals surface area contributed by atoms with Gasteiger partial charge in [0.1, 0.15) is 0 Å². The lowest BCUT2D eigenvalue weighted by Gasteiger charge is -2.29. The summed E-state index contributed by atoms with van der Waals surface area (Å²) in [6.07, 6.45) is 3.28. The van der Waals surface area contributed by atoms with Gasteiger partial charge < -0.3 is 15.5 Å². The molecule has 0 aromatic heterocycles. The molecule has 1 aliphatic rings. The molecule has 1 saturated carbocycles. The smallest absolute Gasteiger partial charge is 0.0639 e. The molecule has 0 radical (unpaired) electrons. The minimum Gasteiger partial charge on any atom is -0.392 e. The zero-order valence-corrected chi connectivity index (χ0v) is 10.5.